The largest absolute Gasteiger partial charge is 0.506 e. The zero-order chi connectivity index (χ0) is 10.3. The van der Waals surface area contributed by atoms with Gasteiger partial charge in [-0.2, -0.15) is 0 Å². The van der Waals surface area contributed by atoms with Crippen molar-refractivity contribution in [1.29, 1.82) is 0 Å². The highest BCUT2D eigenvalue weighted by Gasteiger charge is 2.34. The summed E-state index contributed by atoms with van der Waals surface area (Å²) in [6.07, 6.45) is 7.33. The molecule has 4 rings (SSSR count). The first-order chi connectivity index (χ1) is 7.33. The normalized spacial score (nSPS) is 34.3. The van der Waals surface area contributed by atoms with Crippen molar-refractivity contribution in [2.75, 3.05) is 13.1 Å². The summed E-state index contributed by atoms with van der Waals surface area (Å²) in [5.41, 5.74) is 1.18. The molecule has 0 saturated carbocycles. The Labute approximate surface area is 89.7 Å². The Bertz CT molecular complexity index is 358. The Morgan fingerprint density at radius 1 is 1.27 bits per heavy atom. The van der Waals surface area contributed by atoms with E-state index >= 15 is 0 Å². The van der Waals surface area contributed by atoms with Crippen molar-refractivity contribution in [3.8, 4) is 5.75 Å². The fourth-order valence-corrected chi connectivity index (χ4v) is 2.94. The minimum atomic E-state index is 0.287. The molecule has 4 heterocycles. The third-order valence-corrected chi connectivity index (χ3v) is 3.78. The molecule has 3 fully saturated rings. The van der Waals surface area contributed by atoms with Gasteiger partial charge in [0.25, 0.3) is 0 Å². The minimum Gasteiger partial charge on any atom is -0.506 e. The molecule has 0 amide bonds. The van der Waals surface area contributed by atoms with E-state index in [9.17, 15) is 5.11 Å². The summed E-state index contributed by atoms with van der Waals surface area (Å²) < 4.78 is 0. The Balaban J connectivity index is 1.88. The quantitative estimate of drug-likeness (QED) is 0.759. The van der Waals surface area contributed by atoms with Crippen LogP contribution in [-0.2, 0) is 0 Å². The van der Waals surface area contributed by atoms with E-state index in [1.807, 2.05) is 12.3 Å². The Morgan fingerprint density at radius 2 is 2.07 bits per heavy atom. The Morgan fingerprint density at radius 3 is 2.67 bits per heavy atom. The molecule has 1 aromatic heterocycles. The maximum Gasteiger partial charge on any atom is 0.134 e. The zero-order valence-electron chi connectivity index (χ0n) is 8.76. The molecule has 0 aliphatic carbocycles. The van der Waals surface area contributed by atoms with Crippen LogP contribution in [0.3, 0.4) is 0 Å². The monoisotopic (exact) mass is 204 g/mol. The van der Waals surface area contributed by atoms with Gasteiger partial charge in [0.15, 0.2) is 0 Å². The van der Waals surface area contributed by atoms with Crippen LogP contribution in [0.15, 0.2) is 18.5 Å². The van der Waals surface area contributed by atoms with E-state index < -0.39 is 0 Å². The smallest absolute Gasteiger partial charge is 0.134 e. The van der Waals surface area contributed by atoms with Gasteiger partial charge in [-0.1, -0.05) is 0 Å². The third kappa shape index (κ3) is 1.61. The van der Waals surface area contributed by atoms with Crippen molar-refractivity contribution >= 4 is 0 Å². The van der Waals surface area contributed by atoms with E-state index in [4.69, 9.17) is 0 Å². The van der Waals surface area contributed by atoms with Gasteiger partial charge < -0.3 is 5.11 Å². The lowest BCUT2D eigenvalue weighted by Crippen LogP contribution is -2.43. The summed E-state index contributed by atoms with van der Waals surface area (Å²) >= 11 is 0. The summed E-state index contributed by atoms with van der Waals surface area (Å²) in [6.45, 7) is 2.43. The third-order valence-electron chi connectivity index (χ3n) is 3.78. The molecule has 3 saturated heterocycles. The molecule has 1 unspecified atom stereocenters. The number of rotatable bonds is 1. The molecule has 1 atom stereocenters. The van der Waals surface area contributed by atoms with Crippen LogP contribution in [0.5, 0.6) is 5.75 Å². The first kappa shape index (κ1) is 9.16. The van der Waals surface area contributed by atoms with Crippen molar-refractivity contribution in [3.05, 3.63) is 24.0 Å². The second-order valence-electron chi connectivity index (χ2n) is 4.71. The first-order valence-corrected chi connectivity index (χ1v) is 5.71. The SMILES string of the molecule is Oc1cncc(C2CC3CCN2CC3)c1. The number of pyridine rings is 1. The molecule has 1 aromatic rings. The lowest BCUT2D eigenvalue weighted by Gasteiger charge is -2.45. The van der Waals surface area contributed by atoms with Crippen molar-refractivity contribution in [1.82, 2.24) is 9.88 Å². The van der Waals surface area contributed by atoms with Gasteiger partial charge in [0.05, 0.1) is 6.20 Å². The molecule has 1 N–H and O–H groups in total. The predicted octanol–water partition coefficient (Wildman–Crippen LogP) is 1.94. The number of hydrogen-bond acceptors (Lipinski definition) is 3. The zero-order valence-corrected chi connectivity index (χ0v) is 8.76. The fourth-order valence-electron chi connectivity index (χ4n) is 2.94. The number of aromatic hydroxyl groups is 1. The van der Waals surface area contributed by atoms with Crippen LogP contribution in [0, 0.1) is 5.92 Å². The van der Waals surface area contributed by atoms with Crippen LogP contribution in [0.1, 0.15) is 30.9 Å². The number of fused-ring (bicyclic) bond motifs is 3. The molecule has 0 radical (unpaired) electrons. The molecule has 80 valence electrons. The van der Waals surface area contributed by atoms with Gasteiger partial charge in [-0.3, -0.25) is 9.88 Å². The lowest BCUT2D eigenvalue weighted by molar-refractivity contribution is 0.0487. The van der Waals surface area contributed by atoms with Gasteiger partial charge in [0.2, 0.25) is 0 Å². The van der Waals surface area contributed by atoms with E-state index in [0.29, 0.717) is 6.04 Å². The summed E-state index contributed by atoms with van der Waals surface area (Å²) in [5, 5.41) is 9.43. The van der Waals surface area contributed by atoms with Gasteiger partial charge in [-0.25, -0.2) is 0 Å². The fraction of sp³-hybridized carbons (Fsp3) is 0.583. The summed E-state index contributed by atoms with van der Waals surface area (Å²) in [4.78, 5) is 6.59. The van der Waals surface area contributed by atoms with Crippen molar-refractivity contribution in [2.24, 2.45) is 5.92 Å². The van der Waals surface area contributed by atoms with E-state index in [-0.39, 0.29) is 5.75 Å². The van der Waals surface area contributed by atoms with E-state index in [1.54, 1.807) is 0 Å². The molecule has 3 heteroatoms. The summed E-state index contributed by atoms with van der Waals surface area (Å²) in [7, 11) is 0. The maximum atomic E-state index is 9.43. The van der Waals surface area contributed by atoms with Crippen LogP contribution >= 0.6 is 0 Å². The van der Waals surface area contributed by atoms with E-state index in [0.717, 1.165) is 5.92 Å². The van der Waals surface area contributed by atoms with Gasteiger partial charge >= 0.3 is 0 Å². The summed E-state index contributed by atoms with van der Waals surface area (Å²) in [5.74, 6) is 1.18. The summed E-state index contributed by atoms with van der Waals surface area (Å²) in [6, 6.07) is 2.36. The van der Waals surface area contributed by atoms with Crippen LogP contribution in [-0.4, -0.2) is 28.1 Å². The molecule has 3 nitrogen and oxygen atoms in total. The minimum absolute atomic E-state index is 0.287. The predicted molar refractivity (Wildman–Crippen MR) is 57.6 cm³/mol. The van der Waals surface area contributed by atoms with Crippen molar-refractivity contribution in [3.63, 3.8) is 0 Å². The van der Waals surface area contributed by atoms with Gasteiger partial charge in [-0.05, 0) is 49.9 Å². The second-order valence-corrected chi connectivity index (χ2v) is 4.71. The highest BCUT2D eigenvalue weighted by Crippen LogP contribution is 2.40. The van der Waals surface area contributed by atoms with Gasteiger partial charge in [-0.15, -0.1) is 0 Å². The Kier molecular flexibility index (Phi) is 2.13. The van der Waals surface area contributed by atoms with Crippen molar-refractivity contribution < 1.29 is 5.11 Å². The van der Waals surface area contributed by atoms with Gasteiger partial charge in [0.1, 0.15) is 5.75 Å². The van der Waals surface area contributed by atoms with Crippen LogP contribution in [0.2, 0.25) is 0 Å². The number of nitrogens with zero attached hydrogens (tertiary/aromatic N) is 2. The topological polar surface area (TPSA) is 36.4 Å². The van der Waals surface area contributed by atoms with Crippen LogP contribution in [0.4, 0.5) is 0 Å². The molecular formula is C12H16N2O. The van der Waals surface area contributed by atoms with Crippen LogP contribution in [0.25, 0.3) is 0 Å². The molecule has 2 bridgehead atoms. The first-order valence-electron chi connectivity index (χ1n) is 5.71. The molecule has 0 aromatic carbocycles. The molecule has 0 spiro atoms. The highest BCUT2D eigenvalue weighted by molar-refractivity contribution is 5.25. The van der Waals surface area contributed by atoms with Crippen LogP contribution < -0.4 is 0 Å². The molecular weight excluding hydrogens is 188 g/mol. The maximum absolute atomic E-state index is 9.43. The number of piperidine rings is 3. The standard InChI is InChI=1S/C12H16N2O/c15-11-6-10(7-13-8-11)12-5-9-1-3-14(12)4-2-9/h6-9,12,15H,1-5H2. The lowest BCUT2D eigenvalue weighted by atomic mass is 9.81. The van der Waals surface area contributed by atoms with Gasteiger partial charge in [0, 0.05) is 12.2 Å². The molecule has 15 heavy (non-hydrogen) atoms. The molecule has 3 aliphatic heterocycles. The number of aromatic nitrogens is 1. The number of hydrogen-bond donors (Lipinski definition) is 1. The average molecular weight is 204 g/mol. The van der Waals surface area contributed by atoms with E-state index in [1.165, 1.54) is 44.1 Å². The van der Waals surface area contributed by atoms with Crippen molar-refractivity contribution in [2.45, 2.75) is 25.3 Å². The Hall–Kier alpha value is -1.09. The highest BCUT2D eigenvalue weighted by atomic mass is 16.3. The van der Waals surface area contributed by atoms with E-state index in [2.05, 4.69) is 9.88 Å². The second kappa shape index (κ2) is 3.49. The average Bonchev–Trinajstić information content (AvgIpc) is 2.30. The molecule has 3 aliphatic rings.